The minimum absolute atomic E-state index is 0.0537. The SMILES string of the molecule is CNC(=O)c1ccc(NC(=O)C2CC(=O)N(c3ccc(SC)cc3)C2)cc1. The molecule has 7 heteroatoms. The molecule has 1 atom stereocenters. The number of carbonyl (C=O) groups excluding carboxylic acids is 3. The smallest absolute Gasteiger partial charge is 0.251 e. The van der Waals surface area contributed by atoms with Crippen molar-refractivity contribution < 1.29 is 14.4 Å². The van der Waals surface area contributed by atoms with Crippen molar-refractivity contribution in [3.8, 4) is 0 Å². The molecule has 1 fully saturated rings. The maximum absolute atomic E-state index is 12.5. The number of rotatable bonds is 5. The van der Waals surface area contributed by atoms with Crippen LogP contribution in [0.4, 0.5) is 11.4 Å². The molecule has 3 amide bonds. The van der Waals surface area contributed by atoms with Gasteiger partial charge < -0.3 is 15.5 Å². The van der Waals surface area contributed by atoms with E-state index in [4.69, 9.17) is 0 Å². The first-order valence-corrected chi connectivity index (χ1v) is 9.81. The Hall–Kier alpha value is -2.80. The first kappa shape index (κ1) is 19.0. The quantitative estimate of drug-likeness (QED) is 0.779. The third-order valence-electron chi connectivity index (χ3n) is 4.52. The van der Waals surface area contributed by atoms with Crippen molar-refractivity contribution in [1.29, 1.82) is 0 Å². The van der Waals surface area contributed by atoms with Crippen LogP contribution in [0.2, 0.25) is 0 Å². The predicted octanol–water partition coefficient (Wildman–Crippen LogP) is 2.76. The highest BCUT2D eigenvalue weighted by Gasteiger charge is 2.35. The molecule has 6 nitrogen and oxygen atoms in total. The zero-order valence-corrected chi connectivity index (χ0v) is 16.0. The normalized spacial score (nSPS) is 16.3. The Labute approximate surface area is 162 Å². The van der Waals surface area contributed by atoms with Crippen LogP contribution in [0, 0.1) is 5.92 Å². The molecule has 0 bridgehead atoms. The van der Waals surface area contributed by atoms with Crippen LogP contribution in [0.25, 0.3) is 0 Å². The third kappa shape index (κ3) is 4.31. The lowest BCUT2D eigenvalue weighted by Gasteiger charge is -2.17. The standard InChI is InChI=1S/C20H21N3O3S/c1-21-19(25)13-3-5-15(6-4-13)22-20(26)14-11-18(24)23(12-14)16-7-9-17(27-2)10-8-16/h3-10,14H,11-12H2,1-2H3,(H,21,25)(H,22,26). The van der Waals surface area contributed by atoms with Gasteiger partial charge in [-0.15, -0.1) is 11.8 Å². The molecule has 0 aromatic heterocycles. The van der Waals surface area contributed by atoms with E-state index >= 15 is 0 Å². The summed E-state index contributed by atoms with van der Waals surface area (Å²) in [4.78, 5) is 39.2. The number of carbonyl (C=O) groups is 3. The van der Waals surface area contributed by atoms with Gasteiger partial charge in [0, 0.05) is 41.8 Å². The second kappa shape index (κ2) is 8.26. The van der Waals surface area contributed by atoms with Crippen molar-refractivity contribution >= 4 is 40.9 Å². The molecule has 1 unspecified atom stereocenters. The fraction of sp³-hybridized carbons (Fsp3) is 0.250. The molecule has 2 N–H and O–H groups in total. The molecule has 0 spiro atoms. The van der Waals surface area contributed by atoms with Crippen molar-refractivity contribution in [1.82, 2.24) is 5.32 Å². The number of nitrogens with zero attached hydrogens (tertiary/aromatic N) is 1. The molecule has 1 heterocycles. The monoisotopic (exact) mass is 383 g/mol. The van der Waals surface area contributed by atoms with Gasteiger partial charge >= 0.3 is 0 Å². The van der Waals surface area contributed by atoms with E-state index in [1.54, 1.807) is 48.0 Å². The molecule has 0 saturated carbocycles. The van der Waals surface area contributed by atoms with E-state index in [9.17, 15) is 14.4 Å². The Morgan fingerprint density at radius 3 is 2.33 bits per heavy atom. The number of benzene rings is 2. The van der Waals surface area contributed by atoms with Gasteiger partial charge in [-0.3, -0.25) is 14.4 Å². The summed E-state index contributed by atoms with van der Waals surface area (Å²) in [5, 5.41) is 5.37. The second-order valence-corrected chi connectivity index (χ2v) is 7.13. The Morgan fingerprint density at radius 2 is 1.74 bits per heavy atom. The van der Waals surface area contributed by atoms with Gasteiger partial charge in [-0.1, -0.05) is 0 Å². The topological polar surface area (TPSA) is 78.5 Å². The van der Waals surface area contributed by atoms with Gasteiger partial charge in [0.15, 0.2) is 0 Å². The maximum Gasteiger partial charge on any atom is 0.251 e. The summed E-state index contributed by atoms with van der Waals surface area (Å²) in [6, 6.07) is 14.4. The molecule has 1 saturated heterocycles. The molecular weight excluding hydrogens is 362 g/mol. The van der Waals surface area contributed by atoms with Gasteiger partial charge in [0.2, 0.25) is 11.8 Å². The summed E-state index contributed by atoms with van der Waals surface area (Å²) < 4.78 is 0. The minimum Gasteiger partial charge on any atom is -0.355 e. The summed E-state index contributed by atoms with van der Waals surface area (Å²) in [7, 11) is 1.56. The van der Waals surface area contributed by atoms with Gasteiger partial charge in [0.05, 0.1) is 5.92 Å². The predicted molar refractivity (Wildman–Crippen MR) is 107 cm³/mol. The van der Waals surface area contributed by atoms with E-state index in [2.05, 4.69) is 10.6 Å². The van der Waals surface area contributed by atoms with E-state index in [0.29, 0.717) is 17.8 Å². The molecule has 2 aromatic rings. The highest BCUT2D eigenvalue weighted by atomic mass is 32.2. The van der Waals surface area contributed by atoms with Gasteiger partial charge in [-0.05, 0) is 54.8 Å². The molecule has 1 aliphatic heterocycles. The van der Waals surface area contributed by atoms with E-state index in [1.165, 1.54) is 0 Å². The van der Waals surface area contributed by atoms with Crippen LogP contribution in [0.5, 0.6) is 0 Å². The van der Waals surface area contributed by atoms with Crippen molar-refractivity contribution in [3.05, 3.63) is 54.1 Å². The second-order valence-electron chi connectivity index (χ2n) is 6.25. The highest BCUT2D eigenvalue weighted by molar-refractivity contribution is 7.98. The molecule has 27 heavy (non-hydrogen) atoms. The lowest BCUT2D eigenvalue weighted by atomic mass is 10.1. The number of nitrogens with one attached hydrogen (secondary N) is 2. The largest absolute Gasteiger partial charge is 0.355 e. The van der Waals surface area contributed by atoms with Crippen LogP contribution >= 0.6 is 11.8 Å². The Morgan fingerprint density at radius 1 is 1.07 bits per heavy atom. The van der Waals surface area contributed by atoms with Crippen molar-refractivity contribution in [2.45, 2.75) is 11.3 Å². The molecular formula is C20H21N3O3S. The van der Waals surface area contributed by atoms with Gasteiger partial charge in [-0.2, -0.15) is 0 Å². The number of amides is 3. The lowest BCUT2D eigenvalue weighted by Crippen LogP contribution is -2.28. The van der Waals surface area contributed by atoms with Crippen LogP contribution in [0.1, 0.15) is 16.8 Å². The fourth-order valence-corrected chi connectivity index (χ4v) is 3.40. The van der Waals surface area contributed by atoms with Crippen molar-refractivity contribution in [3.63, 3.8) is 0 Å². The van der Waals surface area contributed by atoms with Crippen LogP contribution in [-0.2, 0) is 9.59 Å². The summed E-state index contributed by atoms with van der Waals surface area (Å²) in [6.45, 7) is 0.361. The first-order chi connectivity index (χ1) is 13.0. The van der Waals surface area contributed by atoms with Crippen LogP contribution in [-0.4, -0.2) is 37.6 Å². The summed E-state index contributed by atoms with van der Waals surface area (Å²) in [6.07, 6.45) is 2.18. The van der Waals surface area contributed by atoms with Crippen LogP contribution < -0.4 is 15.5 Å². The number of hydrogen-bond donors (Lipinski definition) is 2. The zero-order valence-electron chi connectivity index (χ0n) is 15.2. The van der Waals surface area contributed by atoms with E-state index < -0.39 is 5.92 Å². The fourth-order valence-electron chi connectivity index (χ4n) is 2.99. The summed E-state index contributed by atoms with van der Waals surface area (Å²) >= 11 is 1.64. The van der Waals surface area contributed by atoms with Crippen LogP contribution in [0.15, 0.2) is 53.4 Å². The zero-order chi connectivity index (χ0) is 19.4. The Kier molecular flexibility index (Phi) is 5.81. The highest BCUT2D eigenvalue weighted by Crippen LogP contribution is 2.27. The van der Waals surface area contributed by atoms with Gasteiger partial charge in [-0.25, -0.2) is 0 Å². The molecule has 1 aliphatic rings. The third-order valence-corrected chi connectivity index (χ3v) is 5.27. The number of thioether (sulfide) groups is 1. The number of anilines is 2. The maximum atomic E-state index is 12.5. The van der Waals surface area contributed by atoms with Crippen molar-refractivity contribution in [2.24, 2.45) is 5.92 Å². The lowest BCUT2D eigenvalue weighted by molar-refractivity contribution is -0.122. The molecule has 2 aromatic carbocycles. The number of hydrogen-bond acceptors (Lipinski definition) is 4. The summed E-state index contributed by atoms with van der Waals surface area (Å²) in [5.41, 5.74) is 1.93. The van der Waals surface area contributed by atoms with E-state index in [1.807, 2.05) is 30.5 Å². The first-order valence-electron chi connectivity index (χ1n) is 8.59. The Bertz CT molecular complexity index is 850. The average Bonchev–Trinajstić information content (AvgIpc) is 3.10. The Balaban J connectivity index is 1.64. The van der Waals surface area contributed by atoms with E-state index in [-0.39, 0.29) is 24.1 Å². The minimum atomic E-state index is -0.406. The molecule has 140 valence electrons. The average molecular weight is 383 g/mol. The van der Waals surface area contributed by atoms with Gasteiger partial charge in [0.25, 0.3) is 5.91 Å². The van der Waals surface area contributed by atoms with Gasteiger partial charge in [0.1, 0.15) is 0 Å². The van der Waals surface area contributed by atoms with Crippen molar-refractivity contribution in [2.75, 3.05) is 30.1 Å². The summed E-state index contributed by atoms with van der Waals surface area (Å²) in [5.74, 6) is -0.838. The molecule has 0 radical (unpaired) electrons. The van der Waals surface area contributed by atoms with Crippen LogP contribution in [0.3, 0.4) is 0 Å². The van der Waals surface area contributed by atoms with E-state index in [0.717, 1.165) is 10.6 Å². The molecule has 0 aliphatic carbocycles. The molecule has 3 rings (SSSR count).